The van der Waals surface area contributed by atoms with Crippen molar-refractivity contribution < 1.29 is 0 Å². The van der Waals surface area contributed by atoms with E-state index in [1.54, 1.807) is 6.92 Å². The van der Waals surface area contributed by atoms with Crippen LogP contribution in [0.3, 0.4) is 0 Å². The van der Waals surface area contributed by atoms with Crippen LogP contribution in [-0.4, -0.2) is 16.5 Å². The first-order chi connectivity index (χ1) is 6.25. The highest BCUT2D eigenvalue weighted by atomic mass is 35.5. The first kappa shape index (κ1) is 9.62. The van der Waals surface area contributed by atoms with Gasteiger partial charge < -0.3 is 11.1 Å². The Morgan fingerprint density at radius 2 is 2.38 bits per heavy atom. The van der Waals surface area contributed by atoms with Crippen LogP contribution in [0.15, 0.2) is 6.33 Å². The Balaban J connectivity index is 2.75. The molecule has 0 unspecified atom stereocenters. The SMILES string of the molecule is CC#CCNc1ncnc(N)c1Cl. The molecule has 3 N–H and O–H groups in total. The first-order valence-electron chi connectivity index (χ1n) is 3.65. The molecule has 13 heavy (non-hydrogen) atoms. The van der Waals surface area contributed by atoms with E-state index in [4.69, 9.17) is 17.3 Å². The summed E-state index contributed by atoms with van der Waals surface area (Å²) < 4.78 is 0. The fourth-order valence-electron chi connectivity index (χ4n) is 0.723. The number of nitrogens with one attached hydrogen (secondary N) is 1. The predicted molar refractivity (Wildman–Crippen MR) is 53.4 cm³/mol. The van der Waals surface area contributed by atoms with Gasteiger partial charge in [-0.25, -0.2) is 9.97 Å². The molecule has 1 rings (SSSR count). The average Bonchev–Trinajstić information content (AvgIpc) is 2.13. The second-order valence-corrected chi connectivity index (χ2v) is 2.58. The van der Waals surface area contributed by atoms with Gasteiger partial charge in [0.15, 0.2) is 5.82 Å². The van der Waals surface area contributed by atoms with Crippen molar-refractivity contribution in [1.29, 1.82) is 0 Å². The third-order valence-corrected chi connectivity index (χ3v) is 1.71. The summed E-state index contributed by atoms with van der Waals surface area (Å²) in [5.41, 5.74) is 5.47. The van der Waals surface area contributed by atoms with E-state index in [9.17, 15) is 0 Å². The number of rotatable bonds is 2. The summed E-state index contributed by atoms with van der Waals surface area (Å²) in [6.07, 6.45) is 1.35. The smallest absolute Gasteiger partial charge is 0.151 e. The predicted octanol–water partition coefficient (Wildman–Crippen LogP) is 1.15. The number of nitrogens with zero attached hydrogens (tertiary/aromatic N) is 2. The van der Waals surface area contributed by atoms with E-state index in [2.05, 4.69) is 27.1 Å². The normalized spacial score (nSPS) is 8.77. The Morgan fingerprint density at radius 1 is 1.62 bits per heavy atom. The molecule has 4 nitrogen and oxygen atoms in total. The summed E-state index contributed by atoms with van der Waals surface area (Å²) in [4.78, 5) is 7.64. The van der Waals surface area contributed by atoms with Gasteiger partial charge in [-0.3, -0.25) is 0 Å². The second-order valence-electron chi connectivity index (χ2n) is 2.20. The molecule has 0 saturated heterocycles. The van der Waals surface area contributed by atoms with Gasteiger partial charge in [-0.15, -0.1) is 5.92 Å². The highest BCUT2D eigenvalue weighted by molar-refractivity contribution is 6.35. The minimum absolute atomic E-state index is 0.267. The molecule has 0 atom stereocenters. The Bertz CT molecular complexity index is 353. The molecule has 0 aliphatic heterocycles. The minimum atomic E-state index is 0.267. The van der Waals surface area contributed by atoms with E-state index in [1.165, 1.54) is 6.33 Å². The van der Waals surface area contributed by atoms with Gasteiger partial charge in [0.25, 0.3) is 0 Å². The average molecular weight is 197 g/mol. The largest absolute Gasteiger partial charge is 0.382 e. The minimum Gasteiger partial charge on any atom is -0.382 e. The van der Waals surface area contributed by atoms with E-state index >= 15 is 0 Å². The summed E-state index contributed by atoms with van der Waals surface area (Å²) in [5.74, 6) is 6.34. The van der Waals surface area contributed by atoms with Crippen molar-refractivity contribution in [1.82, 2.24) is 9.97 Å². The molecule has 0 aromatic carbocycles. The third kappa shape index (κ3) is 2.49. The van der Waals surface area contributed by atoms with Gasteiger partial charge in [-0.05, 0) is 6.92 Å². The number of hydrogen-bond acceptors (Lipinski definition) is 4. The lowest BCUT2D eigenvalue weighted by atomic mass is 10.5. The lowest BCUT2D eigenvalue weighted by molar-refractivity contribution is 1.15. The van der Waals surface area contributed by atoms with Crippen LogP contribution in [0.2, 0.25) is 5.02 Å². The molecule has 1 aromatic rings. The number of nitrogen functional groups attached to an aromatic ring is 1. The van der Waals surface area contributed by atoms with Crippen molar-refractivity contribution in [3.05, 3.63) is 11.3 Å². The van der Waals surface area contributed by atoms with Crippen LogP contribution < -0.4 is 11.1 Å². The zero-order valence-corrected chi connectivity index (χ0v) is 7.89. The van der Waals surface area contributed by atoms with Crippen LogP contribution >= 0.6 is 11.6 Å². The summed E-state index contributed by atoms with van der Waals surface area (Å²) in [5, 5.41) is 3.25. The molecule has 0 aliphatic rings. The number of nitrogens with two attached hydrogens (primary N) is 1. The zero-order valence-electron chi connectivity index (χ0n) is 7.13. The maximum atomic E-state index is 5.81. The molecule has 1 heterocycles. The van der Waals surface area contributed by atoms with Gasteiger partial charge in [0.05, 0.1) is 6.54 Å². The van der Waals surface area contributed by atoms with Crippen molar-refractivity contribution in [2.24, 2.45) is 0 Å². The van der Waals surface area contributed by atoms with Crippen molar-refractivity contribution >= 4 is 23.2 Å². The molecule has 68 valence electrons. The van der Waals surface area contributed by atoms with Gasteiger partial charge in [-0.1, -0.05) is 17.5 Å². The monoisotopic (exact) mass is 196 g/mol. The quantitative estimate of drug-likeness (QED) is 0.697. The summed E-state index contributed by atoms with van der Waals surface area (Å²) in [6, 6.07) is 0. The molecule has 5 heteroatoms. The zero-order chi connectivity index (χ0) is 9.68. The number of hydrogen-bond donors (Lipinski definition) is 2. The number of aromatic nitrogens is 2. The molecule has 0 fully saturated rings. The molecule has 0 amide bonds. The van der Waals surface area contributed by atoms with E-state index in [1.807, 2.05) is 0 Å². The molecular weight excluding hydrogens is 188 g/mol. The van der Waals surface area contributed by atoms with Crippen molar-refractivity contribution in [2.45, 2.75) is 6.92 Å². The number of anilines is 2. The molecule has 0 radical (unpaired) electrons. The van der Waals surface area contributed by atoms with Gasteiger partial charge in [0.2, 0.25) is 0 Å². The highest BCUT2D eigenvalue weighted by Gasteiger charge is 2.03. The van der Waals surface area contributed by atoms with E-state index in [0.29, 0.717) is 17.4 Å². The lowest BCUT2D eigenvalue weighted by Crippen LogP contribution is -2.04. The van der Waals surface area contributed by atoms with E-state index in [0.717, 1.165) is 0 Å². The first-order valence-corrected chi connectivity index (χ1v) is 4.03. The van der Waals surface area contributed by atoms with Crippen LogP contribution in [-0.2, 0) is 0 Å². The van der Waals surface area contributed by atoms with Crippen LogP contribution in [0.5, 0.6) is 0 Å². The lowest BCUT2D eigenvalue weighted by Gasteiger charge is -2.03. The molecule has 0 spiro atoms. The van der Waals surface area contributed by atoms with E-state index in [-0.39, 0.29) is 5.82 Å². The Labute approximate surface area is 81.5 Å². The van der Waals surface area contributed by atoms with Gasteiger partial charge >= 0.3 is 0 Å². The Kier molecular flexibility index (Phi) is 3.35. The summed E-state index contributed by atoms with van der Waals surface area (Å²) in [7, 11) is 0. The second kappa shape index (κ2) is 4.53. The van der Waals surface area contributed by atoms with Crippen LogP contribution in [0.1, 0.15) is 6.92 Å². The van der Waals surface area contributed by atoms with Crippen LogP contribution in [0.4, 0.5) is 11.6 Å². The van der Waals surface area contributed by atoms with Gasteiger partial charge in [0, 0.05) is 0 Å². The Morgan fingerprint density at radius 3 is 3.08 bits per heavy atom. The molecule has 0 bridgehead atoms. The summed E-state index contributed by atoms with van der Waals surface area (Å²) in [6.45, 7) is 2.25. The number of halogens is 1. The van der Waals surface area contributed by atoms with Gasteiger partial charge in [0.1, 0.15) is 17.2 Å². The topological polar surface area (TPSA) is 63.8 Å². The van der Waals surface area contributed by atoms with Crippen LogP contribution in [0, 0.1) is 11.8 Å². The van der Waals surface area contributed by atoms with Crippen LogP contribution in [0.25, 0.3) is 0 Å². The van der Waals surface area contributed by atoms with E-state index < -0.39 is 0 Å². The third-order valence-electron chi connectivity index (χ3n) is 1.34. The highest BCUT2D eigenvalue weighted by Crippen LogP contribution is 2.22. The standard InChI is InChI=1S/C8H9ClN4/c1-2-3-4-11-8-6(9)7(10)12-5-13-8/h5H,4H2,1H3,(H3,10,11,12,13). The maximum absolute atomic E-state index is 5.81. The van der Waals surface area contributed by atoms with Crippen molar-refractivity contribution in [2.75, 3.05) is 17.6 Å². The maximum Gasteiger partial charge on any atom is 0.151 e. The van der Waals surface area contributed by atoms with Gasteiger partial charge in [-0.2, -0.15) is 0 Å². The molecule has 0 aliphatic carbocycles. The fraction of sp³-hybridized carbons (Fsp3) is 0.250. The fourth-order valence-corrected chi connectivity index (χ4v) is 0.887. The molecule has 1 aromatic heterocycles. The summed E-state index contributed by atoms with van der Waals surface area (Å²) >= 11 is 5.81. The molecular formula is C8H9ClN4. The van der Waals surface area contributed by atoms with Crippen molar-refractivity contribution in [3.8, 4) is 11.8 Å². The Hall–Kier alpha value is -1.47. The van der Waals surface area contributed by atoms with Crippen molar-refractivity contribution in [3.63, 3.8) is 0 Å². The molecule has 0 saturated carbocycles.